The van der Waals surface area contributed by atoms with Crippen LogP contribution < -0.4 is 5.32 Å². The maximum absolute atomic E-state index is 12.4. The maximum Gasteiger partial charge on any atom is 0.348 e. The summed E-state index contributed by atoms with van der Waals surface area (Å²) in [7, 11) is 0. The molecule has 0 unspecified atom stereocenters. The summed E-state index contributed by atoms with van der Waals surface area (Å²) in [4.78, 5) is 28.5. The van der Waals surface area contributed by atoms with Gasteiger partial charge < -0.3 is 10.1 Å². The topological polar surface area (TPSA) is 58.6 Å². The third-order valence-electron chi connectivity index (χ3n) is 4.39. The summed E-state index contributed by atoms with van der Waals surface area (Å²) in [5.74, 6) is -0.387. The number of rotatable bonds is 5. The normalized spacial score (nSPS) is 17.2. The molecule has 2 aromatic heterocycles. The summed E-state index contributed by atoms with van der Waals surface area (Å²) in [5, 5.41) is 5.73. The van der Waals surface area contributed by atoms with E-state index in [1.165, 1.54) is 21.8 Å². The highest BCUT2D eigenvalue weighted by Gasteiger charge is 2.26. The Morgan fingerprint density at radius 3 is 3.00 bits per heavy atom. The Bertz CT molecular complexity index is 781. The number of thiophene rings is 2. The predicted octanol–water partition coefficient (Wildman–Crippen LogP) is 3.85. The molecule has 5 nitrogen and oxygen atoms in total. The van der Waals surface area contributed by atoms with Crippen molar-refractivity contribution < 1.29 is 14.3 Å². The fraction of sp³-hybridized carbons (Fsp3) is 0.444. The molecule has 25 heavy (non-hydrogen) atoms. The van der Waals surface area contributed by atoms with Crippen LogP contribution in [0.5, 0.6) is 0 Å². The number of anilines is 1. The first-order chi connectivity index (χ1) is 12.0. The third kappa shape index (κ3) is 3.94. The summed E-state index contributed by atoms with van der Waals surface area (Å²) in [5.41, 5.74) is 2.16. The molecule has 3 heterocycles. The smallest absolute Gasteiger partial charge is 0.348 e. The van der Waals surface area contributed by atoms with Crippen molar-refractivity contribution in [2.75, 3.05) is 25.0 Å². The second-order valence-corrected chi connectivity index (χ2v) is 8.14. The van der Waals surface area contributed by atoms with Gasteiger partial charge in [0, 0.05) is 17.5 Å². The lowest BCUT2D eigenvalue weighted by Gasteiger charge is -2.32. The molecule has 134 valence electrons. The average molecular weight is 379 g/mol. The Morgan fingerprint density at radius 1 is 1.44 bits per heavy atom. The van der Waals surface area contributed by atoms with Gasteiger partial charge >= 0.3 is 5.97 Å². The first-order valence-corrected chi connectivity index (χ1v) is 10.1. The lowest BCUT2D eigenvalue weighted by atomic mass is 10.0. The predicted molar refractivity (Wildman–Crippen MR) is 102 cm³/mol. The summed E-state index contributed by atoms with van der Waals surface area (Å²) in [6.45, 7) is 7.36. The van der Waals surface area contributed by atoms with E-state index in [0.29, 0.717) is 23.0 Å². The molecule has 0 aliphatic carbocycles. The van der Waals surface area contributed by atoms with E-state index in [0.717, 1.165) is 18.5 Å². The number of carbonyl (C=O) groups is 2. The Balaban J connectivity index is 1.62. The molecule has 0 spiro atoms. The molecule has 0 radical (unpaired) electrons. The Labute approximate surface area is 155 Å². The fourth-order valence-electron chi connectivity index (χ4n) is 3.08. The van der Waals surface area contributed by atoms with E-state index in [-0.39, 0.29) is 17.9 Å². The molecule has 0 fully saturated rings. The number of amides is 1. The fourth-order valence-corrected chi connectivity index (χ4v) is 5.03. The third-order valence-corrected chi connectivity index (χ3v) is 6.52. The molecule has 3 rings (SSSR count). The molecule has 1 amide bonds. The molecule has 0 bridgehead atoms. The van der Waals surface area contributed by atoms with Gasteiger partial charge in [-0.25, -0.2) is 4.79 Å². The van der Waals surface area contributed by atoms with Gasteiger partial charge in [0.15, 0.2) is 0 Å². The van der Waals surface area contributed by atoms with Gasteiger partial charge in [-0.15, -0.1) is 22.7 Å². The molecule has 1 aliphatic heterocycles. The number of ether oxygens (including phenoxy) is 1. The highest BCUT2D eigenvalue weighted by atomic mass is 32.1. The molecule has 0 aromatic carbocycles. The van der Waals surface area contributed by atoms with Crippen molar-refractivity contribution in [3.63, 3.8) is 0 Å². The summed E-state index contributed by atoms with van der Waals surface area (Å²) >= 11 is 3.06. The van der Waals surface area contributed by atoms with Crippen molar-refractivity contribution in [2.45, 2.75) is 33.2 Å². The summed E-state index contributed by atoms with van der Waals surface area (Å²) in [6.07, 6.45) is 0.996. The molecule has 0 saturated heterocycles. The molecular formula is C18H22N2O3S2. The maximum atomic E-state index is 12.4. The number of carbonyl (C=O) groups excluding carboxylic acids is 2. The van der Waals surface area contributed by atoms with Crippen LogP contribution in [0.15, 0.2) is 17.5 Å². The van der Waals surface area contributed by atoms with Gasteiger partial charge in [-0.2, -0.15) is 0 Å². The number of aryl methyl sites for hydroxylation is 1. The van der Waals surface area contributed by atoms with Crippen LogP contribution in [0.25, 0.3) is 0 Å². The van der Waals surface area contributed by atoms with Crippen LogP contribution in [-0.2, 0) is 16.0 Å². The van der Waals surface area contributed by atoms with Crippen LogP contribution in [0.4, 0.5) is 5.00 Å². The Kier molecular flexibility index (Phi) is 5.56. The van der Waals surface area contributed by atoms with E-state index in [4.69, 9.17) is 4.74 Å². The van der Waals surface area contributed by atoms with E-state index in [2.05, 4.69) is 28.6 Å². The van der Waals surface area contributed by atoms with Crippen molar-refractivity contribution in [1.82, 2.24) is 4.90 Å². The minimum atomic E-state index is -0.333. The molecule has 1 aliphatic rings. The standard InChI is InChI=1S/C18H22N2O3S2/c1-4-23-18(22)17-11(2)9-16(25-17)19-15(21)10-20-7-5-14-13(12(20)3)6-8-24-14/h6,8-9,12H,4-5,7,10H2,1-3H3,(H,19,21)/t12-/m0/s1. The molecule has 0 saturated carbocycles. The first-order valence-electron chi connectivity index (χ1n) is 8.37. The van der Waals surface area contributed by atoms with Crippen LogP contribution in [-0.4, -0.2) is 36.5 Å². The minimum absolute atomic E-state index is 0.0535. The van der Waals surface area contributed by atoms with Gasteiger partial charge in [-0.1, -0.05) is 0 Å². The second kappa shape index (κ2) is 7.68. The monoisotopic (exact) mass is 378 g/mol. The van der Waals surface area contributed by atoms with Crippen LogP contribution in [0, 0.1) is 6.92 Å². The second-order valence-electron chi connectivity index (χ2n) is 6.09. The molecule has 1 N–H and O–H groups in total. The number of nitrogens with one attached hydrogen (secondary N) is 1. The number of hydrogen-bond donors (Lipinski definition) is 1. The van der Waals surface area contributed by atoms with Crippen LogP contribution in [0.2, 0.25) is 0 Å². The van der Waals surface area contributed by atoms with Gasteiger partial charge in [0.1, 0.15) is 4.88 Å². The van der Waals surface area contributed by atoms with Gasteiger partial charge in [-0.05, 0) is 55.8 Å². The Hall–Kier alpha value is -1.70. The van der Waals surface area contributed by atoms with E-state index in [1.807, 2.05) is 13.0 Å². The quantitative estimate of drug-likeness (QED) is 0.803. The lowest BCUT2D eigenvalue weighted by molar-refractivity contribution is -0.117. The van der Waals surface area contributed by atoms with Crippen molar-refractivity contribution in [2.24, 2.45) is 0 Å². The van der Waals surface area contributed by atoms with Crippen LogP contribution >= 0.6 is 22.7 Å². The Morgan fingerprint density at radius 2 is 2.24 bits per heavy atom. The van der Waals surface area contributed by atoms with Crippen molar-refractivity contribution in [3.8, 4) is 0 Å². The SMILES string of the molecule is CCOC(=O)c1sc(NC(=O)CN2CCc3sccc3[C@@H]2C)cc1C. The zero-order valence-electron chi connectivity index (χ0n) is 14.6. The van der Waals surface area contributed by atoms with Gasteiger partial charge in [-0.3, -0.25) is 9.69 Å². The molecule has 1 atom stereocenters. The number of esters is 1. The number of fused-ring (bicyclic) bond motifs is 1. The van der Waals surface area contributed by atoms with Gasteiger partial charge in [0.25, 0.3) is 0 Å². The summed E-state index contributed by atoms with van der Waals surface area (Å²) < 4.78 is 5.04. The highest BCUT2D eigenvalue weighted by molar-refractivity contribution is 7.18. The zero-order valence-corrected chi connectivity index (χ0v) is 16.3. The van der Waals surface area contributed by atoms with Crippen LogP contribution in [0.3, 0.4) is 0 Å². The van der Waals surface area contributed by atoms with E-state index in [9.17, 15) is 9.59 Å². The van der Waals surface area contributed by atoms with E-state index >= 15 is 0 Å². The number of nitrogens with zero attached hydrogens (tertiary/aromatic N) is 1. The highest BCUT2D eigenvalue weighted by Crippen LogP contribution is 2.33. The first kappa shape index (κ1) is 18.1. The molecular weight excluding hydrogens is 356 g/mol. The van der Waals surface area contributed by atoms with E-state index in [1.54, 1.807) is 18.3 Å². The van der Waals surface area contributed by atoms with Crippen molar-refractivity contribution >= 4 is 39.6 Å². The van der Waals surface area contributed by atoms with Crippen molar-refractivity contribution in [3.05, 3.63) is 38.4 Å². The molecule has 7 heteroatoms. The number of hydrogen-bond acceptors (Lipinski definition) is 6. The average Bonchev–Trinajstić information content (AvgIpc) is 3.17. The van der Waals surface area contributed by atoms with Crippen molar-refractivity contribution in [1.29, 1.82) is 0 Å². The lowest BCUT2D eigenvalue weighted by Crippen LogP contribution is -2.39. The minimum Gasteiger partial charge on any atom is -0.462 e. The molecule has 2 aromatic rings. The van der Waals surface area contributed by atoms with Gasteiger partial charge in [0.05, 0.1) is 18.2 Å². The van der Waals surface area contributed by atoms with Crippen LogP contribution in [0.1, 0.15) is 45.6 Å². The largest absolute Gasteiger partial charge is 0.462 e. The van der Waals surface area contributed by atoms with Gasteiger partial charge in [0.2, 0.25) is 5.91 Å². The summed E-state index contributed by atoms with van der Waals surface area (Å²) in [6, 6.07) is 4.23. The zero-order chi connectivity index (χ0) is 18.0. The van der Waals surface area contributed by atoms with E-state index < -0.39 is 0 Å².